The molecule has 0 aromatic carbocycles. The van der Waals surface area contributed by atoms with Crippen molar-refractivity contribution in [3.63, 3.8) is 0 Å². The van der Waals surface area contributed by atoms with Gasteiger partial charge in [-0.3, -0.25) is 4.68 Å². The quantitative estimate of drug-likeness (QED) is 0.260. The maximum absolute atomic E-state index is 10.7. The summed E-state index contributed by atoms with van der Waals surface area (Å²) in [5, 5.41) is 23.5. The molecule has 1 N–H and O–H groups in total. The maximum Gasteiger partial charge on any atom is 1.00 e. The molecule has 0 saturated carbocycles. The van der Waals surface area contributed by atoms with Gasteiger partial charge in [-0.15, -0.1) is 0 Å². The van der Waals surface area contributed by atoms with Crippen LogP contribution in [0.2, 0.25) is 0 Å². The summed E-state index contributed by atoms with van der Waals surface area (Å²) in [6.45, 7) is 1.39. The van der Waals surface area contributed by atoms with Crippen LogP contribution in [0.3, 0.4) is 0 Å². The Morgan fingerprint density at radius 2 is 2.25 bits per heavy atom. The number of aliphatic hydroxyl groups is 1. The number of aliphatic carboxylic acids is 1. The molecule has 0 bridgehead atoms. The minimum Gasteiger partial charge on any atom is -0.545 e. The van der Waals surface area contributed by atoms with Gasteiger partial charge in [-0.25, -0.2) is 0 Å². The van der Waals surface area contributed by atoms with Crippen LogP contribution in [0.5, 0.6) is 0 Å². The van der Waals surface area contributed by atoms with Crippen LogP contribution >= 0.6 is 0 Å². The first-order chi connectivity index (χ1) is 6.99. The molecule has 0 aliphatic carbocycles. The maximum atomic E-state index is 10.7. The van der Waals surface area contributed by atoms with E-state index in [-0.39, 0.29) is 40.9 Å². The molecule has 6 heteroatoms. The molecule has 0 saturated heterocycles. The molecule has 16 heavy (non-hydrogen) atoms. The normalized spacial score (nSPS) is 12.1. The van der Waals surface area contributed by atoms with E-state index in [1.54, 1.807) is 17.9 Å². The predicted octanol–water partition coefficient (Wildman–Crippen LogP) is -2.98. The molecule has 0 amide bonds. The standard InChI is InChI=1S/C10H12N2O3.Na/c1-7(13)3-9(10(14)15)4-8-5-11-12(2)6-8;/h3-6,13H,1-2H3,(H,14,15);/q;+1/p-1. The van der Waals surface area contributed by atoms with Crippen LogP contribution in [-0.2, 0) is 11.8 Å². The van der Waals surface area contributed by atoms with Gasteiger partial charge in [0, 0.05) is 24.4 Å². The Balaban J connectivity index is 0.00000225. The predicted molar refractivity (Wildman–Crippen MR) is 52.6 cm³/mol. The molecule has 0 unspecified atom stereocenters. The van der Waals surface area contributed by atoms with Gasteiger partial charge in [0.15, 0.2) is 0 Å². The van der Waals surface area contributed by atoms with Crippen molar-refractivity contribution >= 4 is 12.0 Å². The second-order valence-electron chi connectivity index (χ2n) is 3.12. The van der Waals surface area contributed by atoms with Crippen molar-refractivity contribution in [1.29, 1.82) is 0 Å². The first-order valence-electron chi connectivity index (χ1n) is 4.28. The van der Waals surface area contributed by atoms with E-state index in [4.69, 9.17) is 5.11 Å². The number of carboxylic acids is 1. The van der Waals surface area contributed by atoms with Gasteiger partial charge in [-0.1, -0.05) is 0 Å². The third-order valence-electron chi connectivity index (χ3n) is 1.65. The van der Waals surface area contributed by atoms with Gasteiger partial charge in [0.25, 0.3) is 0 Å². The number of aliphatic hydroxyl groups excluding tert-OH is 1. The Labute approximate surface area is 115 Å². The number of nitrogens with zero attached hydrogens (tertiary/aromatic N) is 2. The van der Waals surface area contributed by atoms with Gasteiger partial charge in [-0.05, 0) is 19.1 Å². The summed E-state index contributed by atoms with van der Waals surface area (Å²) in [5.74, 6) is -1.43. The van der Waals surface area contributed by atoms with Gasteiger partial charge in [0.1, 0.15) is 0 Å². The number of hydrogen-bond donors (Lipinski definition) is 1. The monoisotopic (exact) mass is 230 g/mol. The Hall–Kier alpha value is -1.04. The van der Waals surface area contributed by atoms with Crippen LogP contribution in [0, 0.1) is 0 Å². The van der Waals surface area contributed by atoms with E-state index in [9.17, 15) is 9.90 Å². The van der Waals surface area contributed by atoms with Crippen LogP contribution in [-0.4, -0.2) is 20.9 Å². The van der Waals surface area contributed by atoms with E-state index in [1.165, 1.54) is 19.2 Å². The number of aryl methyl sites for hydroxylation is 1. The minimum absolute atomic E-state index is 0. The van der Waals surface area contributed by atoms with Crippen LogP contribution in [0.15, 0.2) is 29.8 Å². The van der Waals surface area contributed by atoms with Crippen molar-refractivity contribution < 1.29 is 44.6 Å². The second-order valence-corrected chi connectivity index (χ2v) is 3.12. The Bertz CT molecular complexity index is 431. The molecule has 80 valence electrons. The number of allylic oxidation sites excluding steroid dienone is 1. The van der Waals surface area contributed by atoms with Crippen molar-refractivity contribution in [2.75, 3.05) is 0 Å². The molecule has 5 nitrogen and oxygen atoms in total. The van der Waals surface area contributed by atoms with Gasteiger partial charge in [0.05, 0.1) is 17.9 Å². The summed E-state index contributed by atoms with van der Waals surface area (Å²) in [5.41, 5.74) is 0.539. The van der Waals surface area contributed by atoms with Crippen LogP contribution in [0.4, 0.5) is 0 Å². The molecular weight excluding hydrogens is 219 g/mol. The number of carbonyl (C=O) groups excluding carboxylic acids is 1. The zero-order valence-electron chi connectivity index (χ0n) is 9.47. The summed E-state index contributed by atoms with van der Waals surface area (Å²) in [4.78, 5) is 10.7. The van der Waals surface area contributed by atoms with Gasteiger partial charge < -0.3 is 15.0 Å². The minimum atomic E-state index is -1.34. The Kier molecular flexibility index (Phi) is 6.10. The van der Waals surface area contributed by atoms with E-state index in [2.05, 4.69) is 5.10 Å². The van der Waals surface area contributed by atoms with Crippen LogP contribution < -0.4 is 34.7 Å². The average Bonchev–Trinajstić information content (AvgIpc) is 2.49. The number of rotatable bonds is 3. The topological polar surface area (TPSA) is 78.2 Å². The molecule has 0 aliphatic heterocycles. The molecule has 0 fully saturated rings. The van der Waals surface area contributed by atoms with E-state index in [1.807, 2.05) is 0 Å². The zero-order valence-corrected chi connectivity index (χ0v) is 11.5. The first-order valence-corrected chi connectivity index (χ1v) is 4.28. The van der Waals surface area contributed by atoms with E-state index < -0.39 is 5.97 Å². The molecule has 0 atom stereocenters. The zero-order chi connectivity index (χ0) is 11.4. The Morgan fingerprint density at radius 3 is 2.62 bits per heavy atom. The van der Waals surface area contributed by atoms with Crippen molar-refractivity contribution in [2.24, 2.45) is 7.05 Å². The fourth-order valence-electron chi connectivity index (χ4n) is 1.08. The number of carboxylic acid groups (broad SMARTS) is 1. The van der Waals surface area contributed by atoms with Crippen LogP contribution in [0.1, 0.15) is 12.5 Å². The molecule has 1 rings (SSSR count). The first kappa shape index (κ1) is 15.0. The van der Waals surface area contributed by atoms with E-state index in [0.717, 1.165) is 6.08 Å². The summed E-state index contributed by atoms with van der Waals surface area (Å²) in [6.07, 6.45) is 5.68. The molecular formula is C10H11N2NaO3. The molecule has 0 aliphatic rings. The average molecular weight is 230 g/mol. The summed E-state index contributed by atoms with van der Waals surface area (Å²) in [7, 11) is 1.73. The molecule has 1 aromatic heterocycles. The van der Waals surface area contributed by atoms with E-state index >= 15 is 0 Å². The van der Waals surface area contributed by atoms with Gasteiger partial charge in [-0.2, -0.15) is 5.10 Å². The second kappa shape index (κ2) is 6.52. The van der Waals surface area contributed by atoms with Crippen LogP contribution in [0.25, 0.3) is 6.08 Å². The third-order valence-corrected chi connectivity index (χ3v) is 1.65. The Morgan fingerprint density at radius 1 is 1.62 bits per heavy atom. The van der Waals surface area contributed by atoms with Crippen molar-refractivity contribution in [3.8, 4) is 0 Å². The SMILES string of the molecule is CC(O)=CC(=Cc1cnn(C)c1)C(=O)[O-].[Na+]. The van der Waals surface area contributed by atoms with Crippen molar-refractivity contribution in [2.45, 2.75) is 6.92 Å². The summed E-state index contributed by atoms with van der Waals surface area (Å²) < 4.78 is 1.55. The van der Waals surface area contributed by atoms with E-state index in [0.29, 0.717) is 5.56 Å². The van der Waals surface area contributed by atoms with Gasteiger partial charge >= 0.3 is 29.6 Å². The fraction of sp³-hybridized carbons (Fsp3) is 0.200. The molecule has 0 radical (unpaired) electrons. The smallest absolute Gasteiger partial charge is 0.545 e. The molecule has 1 heterocycles. The molecule has 0 spiro atoms. The number of aromatic nitrogens is 2. The summed E-state index contributed by atoms with van der Waals surface area (Å²) in [6, 6.07) is 0. The third kappa shape index (κ3) is 4.65. The van der Waals surface area contributed by atoms with Crippen molar-refractivity contribution in [1.82, 2.24) is 9.78 Å². The molecule has 1 aromatic rings. The van der Waals surface area contributed by atoms with Crippen molar-refractivity contribution in [3.05, 3.63) is 35.4 Å². The van der Waals surface area contributed by atoms with Gasteiger partial charge in [0.2, 0.25) is 0 Å². The largest absolute Gasteiger partial charge is 1.00 e. The number of carbonyl (C=O) groups is 1. The fourth-order valence-corrected chi connectivity index (χ4v) is 1.08. The number of hydrogen-bond acceptors (Lipinski definition) is 4. The summed E-state index contributed by atoms with van der Waals surface area (Å²) >= 11 is 0.